The predicted octanol–water partition coefficient (Wildman–Crippen LogP) is 2.54. The number of hydrogen-bond acceptors (Lipinski definition) is 5. The fourth-order valence-corrected chi connectivity index (χ4v) is 4.75. The summed E-state index contributed by atoms with van der Waals surface area (Å²) in [7, 11) is 1.47. The van der Waals surface area contributed by atoms with E-state index in [0.29, 0.717) is 14.9 Å². The predicted molar refractivity (Wildman–Crippen MR) is 99.2 cm³/mol. The molecular formula is C18H17IN2O4. The molecule has 1 aromatic carbocycles. The summed E-state index contributed by atoms with van der Waals surface area (Å²) < 4.78 is 5.73. The standard InChI is InChI=1S/C18H17IN2O4/c1-25-13-7-9(6-12(19)16(13)22)8-20-21-17(23)14-10-2-3-11(5-4-10)15(14)18(21)24/h2-3,6-8,10-11,14-15,22H,4-5H2,1H3/b20-8-/t10-,11-,14-,15-/m0/s1. The number of phenols is 1. The van der Waals surface area contributed by atoms with Crippen molar-refractivity contribution in [2.45, 2.75) is 12.8 Å². The first-order chi connectivity index (χ1) is 12.0. The number of allylic oxidation sites excluding steroid dienone is 2. The number of imide groups is 1. The third-order valence-corrected chi connectivity index (χ3v) is 6.15. The molecule has 7 heteroatoms. The molecule has 0 spiro atoms. The number of hydrogen-bond donors (Lipinski definition) is 1. The van der Waals surface area contributed by atoms with Gasteiger partial charge in [0.05, 0.1) is 28.7 Å². The number of methoxy groups -OCH3 is 1. The molecule has 4 aliphatic rings. The van der Waals surface area contributed by atoms with E-state index in [9.17, 15) is 14.7 Å². The molecule has 5 rings (SSSR count). The molecule has 1 N–H and O–H groups in total. The first-order valence-corrected chi connectivity index (χ1v) is 9.25. The van der Waals surface area contributed by atoms with Crippen molar-refractivity contribution >= 4 is 40.6 Å². The van der Waals surface area contributed by atoms with Crippen LogP contribution >= 0.6 is 22.6 Å². The molecule has 2 amide bonds. The van der Waals surface area contributed by atoms with Crippen molar-refractivity contribution in [1.29, 1.82) is 0 Å². The third-order valence-electron chi connectivity index (χ3n) is 5.33. The van der Waals surface area contributed by atoms with Gasteiger partial charge in [-0.3, -0.25) is 9.59 Å². The van der Waals surface area contributed by atoms with Crippen LogP contribution in [-0.2, 0) is 9.59 Å². The van der Waals surface area contributed by atoms with Crippen LogP contribution in [0.1, 0.15) is 18.4 Å². The van der Waals surface area contributed by atoms with E-state index in [2.05, 4.69) is 17.3 Å². The number of ether oxygens (including phenoxy) is 1. The monoisotopic (exact) mass is 452 g/mol. The average molecular weight is 452 g/mol. The van der Waals surface area contributed by atoms with Gasteiger partial charge in [-0.1, -0.05) is 12.2 Å². The van der Waals surface area contributed by atoms with E-state index in [1.165, 1.54) is 13.3 Å². The van der Waals surface area contributed by atoms with Gasteiger partial charge >= 0.3 is 0 Å². The van der Waals surface area contributed by atoms with Crippen molar-refractivity contribution in [3.63, 3.8) is 0 Å². The van der Waals surface area contributed by atoms with Crippen molar-refractivity contribution in [2.75, 3.05) is 7.11 Å². The molecule has 2 fully saturated rings. The maximum absolute atomic E-state index is 12.7. The summed E-state index contributed by atoms with van der Waals surface area (Å²) in [5.41, 5.74) is 0.649. The summed E-state index contributed by atoms with van der Waals surface area (Å²) in [6.45, 7) is 0. The highest BCUT2D eigenvalue weighted by Gasteiger charge is 2.56. The van der Waals surface area contributed by atoms with E-state index in [0.717, 1.165) is 17.9 Å². The van der Waals surface area contributed by atoms with E-state index in [1.807, 2.05) is 22.6 Å². The zero-order chi connectivity index (χ0) is 17.7. The Morgan fingerprint density at radius 3 is 2.32 bits per heavy atom. The Morgan fingerprint density at radius 2 is 1.80 bits per heavy atom. The van der Waals surface area contributed by atoms with Crippen molar-refractivity contribution < 1.29 is 19.4 Å². The van der Waals surface area contributed by atoms with E-state index in [-0.39, 0.29) is 41.2 Å². The maximum Gasteiger partial charge on any atom is 0.254 e. The summed E-state index contributed by atoms with van der Waals surface area (Å²) in [5, 5.41) is 15.1. The van der Waals surface area contributed by atoms with Crippen LogP contribution < -0.4 is 4.74 Å². The number of nitrogens with zero attached hydrogens (tertiary/aromatic N) is 2. The van der Waals surface area contributed by atoms with Gasteiger partial charge in [-0.15, -0.1) is 0 Å². The van der Waals surface area contributed by atoms with Gasteiger partial charge in [0.1, 0.15) is 0 Å². The van der Waals surface area contributed by atoms with E-state index < -0.39 is 0 Å². The molecule has 6 nitrogen and oxygen atoms in total. The Balaban J connectivity index is 1.62. The topological polar surface area (TPSA) is 79.2 Å². The quantitative estimate of drug-likeness (QED) is 0.331. The summed E-state index contributed by atoms with van der Waals surface area (Å²) in [4.78, 5) is 25.4. The lowest BCUT2D eigenvalue weighted by molar-refractivity contribution is -0.140. The molecule has 3 aliphatic carbocycles. The summed E-state index contributed by atoms with van der Waals surface area (Å²) in [6, 6.07) is 3.33. The highest BCUT2D eigenvalue weighted by atomic mass is 127. The SMILES string of the molecule is COc1cc(/C=N\N2C(=O)[C@@H]3[C@@H](C2=O)[C@H]2C=C[C@H]3CC2)cc(I)c1O. The van der Waals surface area contributed by atoms with Crippen LogP contribution in [0.4, 0.5) is 0 Å². The first-order valence-electron chi connectivity index (χ1n) is 8.18. The fraction of sp³-hybridized carbons (Fsp3) is 0.389. The number of fused-ring (bicyclic) bond motifs is 1. The highest BCUT2D eigenvalue weighted by molar-refractivity contribution is 14.1. The van der Waals surface area contributed by atoms with Crippen LogP contribution in [0, 0.1) is 27.2 Å². The molecule has 0 radical (unpaired) electrons. The van der Waals surface area contributed by atoms with Crippen LogP contribution in [-0.4, -0.2) is 35.3 Å². The minimum Gasteiger partial charge on any atom is -0.504 e. The number of hydrazone groups is 1. The Labute approximate surface area is 158 Å². The van der Waals surface area contributed by atoms with Gasteiger partial charge in [0, 0.05) is 0 Å². The molecule has 2 bridgehead atoms. The number of halogens is 1. The number of amides is 2. The third kappa shape index (κ3) is 2.56. The molecule has 0 unspecified atom stereocenters. The van der Waals surface area contributed by atoms with Crippen molar-refractivity contribution in [3.05, 3.63) is 33.4 Å². The van der Waals surface area contributed by atoms with Crippen LogP contribution in [0.3, 0.4) is 0 Å². The van der Waals surface area contributed by atoms with Gasteiger partial charge in [0.15, 0.2) is 11.5 Å². The van der Waals surface area contributed by atoms with E-state index in [1.54, 1.807) is 12.1 Å². The van der Waals surface area contributed by atoms with E-state index >= 15 is 0 Å². The second-order valence-corrected chi connectivity index (χ2v) is 7.79. The average Bonchev–Trinajstić information content (AvgIpc) is 2.90. The molecule has 4 atom stereocenters. The van der Waals surface area contributed by atoms with Gasteiger partial charge in [-0.2, -0.15) is 10.1 Å². The zero-order valence-electron chi connectivity index (χ0n) is 13.6. The van der Waals surface area contributed by atoms with Crippen molar-refractivity contribution in [3.8, 4) is 11.5 Å². The Kier molecular flexibility index (Phi) is 4.05. The van der Waals surface area contributed by atoms with Gasteiger partial charge in [-0.05, 0) is 65.0 Å². The van der Waals surface area contributed by atoms with Gasteiger partial charge in [-0.25, -0.2) is 0 Å². The maximum atomic E-state index is 12.7. The minimum absolute atomic E-state index is 0.0576. The first kappa shape index (κ1) is 16.6. The normalized spacial score (nSPS) is 30.4. The Hall–Kier alpha value is -1.90. The second kappa shape index (κ2) is 6.12. The zero-order valence-corrected chi connectivity index (χ0v) is 15.7. The minimum atomic E-state index is -0.261. The summed E-state index contributed by atoms with van der Waals surface area (Å²) in [6.07, 6.45) is 7.56. The lowest BCUT2D eigenvalue weighted by atomic mass is 9.63. The summed E-state index contributed by atoms with van der Waals surface area (Å²) >= 11 is 1.99. The van der Waals surface area contributed by atoms with Crippen LogP contribution in [0.2, 0.25) is 0 Å². The summed E-state index contributed by atoms with van der Waals surface area (Å²) in [5.74, 6) is -0.240. The number of rotatable bonds is 3. The van der Waals surface area contributed by atoms with E-state index in [4.69, 9.17) is 4.74 Å². The molecule has 1 saturated heterocycles. The smallest absolute Gasteiger partial charge is 0.254 e. The largest absolute Gasteiger partial charge is 0.504 e. The van der Waals surface area contributed by atoms with Gasteiger partial charge < -0.3 is 9.84 Å². The lowest BCUT2D eigenvalue weighted by Crippen LogP contribution is -2.38. The molecule has 0 aromatic heterocycles. The van der Waals surface area contributed by atoms with Crippen LogP contribution in [0.15, 0.2) is 29.4 Å². The second-order valence-electron chi connectivity index (χ2n) is 6.63. The van der Waals surface area contributed by atoms with Crippen LogP contribution in [0.25, 0.3) is 0 Å². The van der Waals surface area contributed by atoms with Gasteiger partial charge in [0.25, 0.3) is 11.8 Å². The Morgan fingerprint density at radius 1 is 1.20 bits per heavy atom. The highest BCUT2D eigenvalue weighted by Crippen LogP contribution is 2.49. The van der Waals surface area contributed by atoms with Crippen molar-refractivity contribution in [1.82, 2.24) is 5.01 Å². The molecule has 1 heterocycles. The molecule has 1 aliphatic heterocycles. The fourth-order valence-electron chi connectivity index (χ4n) is 4.12. The van der Waals surface area contributed by atoms with Crippen molar-refractivity contribution in [2.24, 2.45) is 28.8 Å². The Bertz CT molecular complexity index is 788. The van der Waals surface area contributed by atoms with Crippen LogP contribution in [0.5, 0.6) is 11.5 Å². The molecule has 25 heavy (non-hydrogen) atoms. The molecule has 130 valence electrons. The number of benzene rings is 1. The molecule has 1 saturated carbocycles. The number of carbonyl (C=O) groups excluding carboxylic acids is 2. The lowest BCUT2D eigenvalue weighted by Gasteiger charge is -2.37. The molecule has 1 aromatic rings. The number of phenolic OH excluding ortho intramolecular Hbond substituents is 1. The number of aromatic hydroxyl groups is 1. The number of carbonyl (C=O) groups is 2. The van der Waals surface area contributed by atoms with Gasteiger partial charge in [0.2, 0.25) is 0 Å². The molecular weight excluding hydrogens is 435 g/mol.